The van der Waals surface area contributed by atoms with Crippen molar-refractivity contribution < 1.29 is 29.0 Å². The van der Waals surface area contributed by atoms with Gasteiger partial charge in [0.25, 0.3) is 0 Å². The maximum absolute atomic E-state index is 12.4. The summed E-state index contributed by atoms with van der Waals surface area (Å²) in [6.07, 6.45) is -0.00202. The van der Waals surface area contributed by atoms with Crippen LogP contribution in [0.3, 0.4) is 0 Å². The van der Waals surface area contributed by atoms with Crippen LogP contribution in [0.5, 0.6) is 0 Å². The maximum atomic E-state index is 12.4. The predicted molar refractivity (Wildman–Crippen MR) is 99.3 cm³/mol. The van der Waals surface area contributed by atoms with Gasteiger partial charge in [0.2, 0.25) is 0 Å². The number of nitrogens with one attached hydrogen (secondary N) is 1. The van der Waals surface area contributed by atoms with Crippen molar-refractivity contribution in [2.45, 2.75) is 32.4 Å². The summed E-state index contributed by atoms with van der Waals surface area (Å²) in [4.78, 5) is 50.3. The molecule has 4 amide bonds. The molecule has 1 aromatic carbocycles. The molecule has 2 rings (SSSR count). The molecule has 1 saturated heterocycles. The Morgan fingerprint density at radius 2 is 1.86 bits per heavy atom. The summed E-state index contributed by atoms with van der Waals surface area (Å²) in [6, 6.07) is 8.50. The van der Waals surface area contributed by atoms with Gasteiger partial charge in [-0.3, -0.25) is 14.5 Å². The SMILES string of the molecule is CCN1CCN(C(=O)NC(C)(CCOCc2ccccc2)C(=O)O)C(=O)C1=O. The average Bonchev–Trinajstić information content (AvgIpc) is 2.68. The quantitative estimate of drug-likeness (QED) is 0.501. The van der Waals surface area contributed by atoms with Gasteiger partial charge in [-0.05, 0) is 19.4 Å². The van der Waals surface area contributed by atoms with Crippen molar-refractivity contribution in [1.82, 2.24) is 15.1 Å². The number of carbonyl (C=O) groups is 4. The number of piperazine rings is 1. The van der Waals surface area contributed by atoms with Crippen LogP contribution >= 0.6 is 0 Å². The fourth-order valence-electron chi connectivity index (χ4n) is 2.74. The highest BCUT2D eigenvalue weighted by atomic mass is 16.5. The molecule has 0 aromatic heterocycles. The molecule has 1 fully saturated rings. The Hall–Kier alpha value is -2.94. The van der Waals surface area contributed by atoms with Crippen molar-refractivity contribution in [1.29, 1.82) is 0 Å². The van der Waals surface area contributed by atoms with Gasteiger partial charge in [-0.2, -0.15) is 0 Å². The van der Waals surface area contributed by atoms with E-state index in [-0.39, 0.29) is 26.1 Å². The second-order valence-corrected chi connectivity index (χ2v) is 6.70. The topological polar surface area (TPSA) is 116 Å². The molecule has 0 radical (unpaired) electrons. The Labute approximate surface area is 163 Å². The first-order valence-electron chi connectivity index (χ1n) is 9.06. The zero-order chi connectivity index (χ0) is 20.7. The molecule has 1 heterocycles. The van der Waals surface area contributed by atoms with Crippen LogP contribution < -0.4 is 5.32 Å². The van der Waals surface area contributed by atoms with E-state index in [1.54, 1.807) is 6.92 Å². The second kappa shape index (κ2) is 9.32. The molecule has 1 aliphatic heterocycles. The number of hydrogen-bond acceptors (Lipinski definition) is 5. The number of aliphatic carboxylic acids is 1. The van der Waals surface area contributed by atoms with Gasteiger partial charge in [0.05, 0.1) is 6.61 Å². The molecule has 0 aliphatic carbocycles. The molecule has 1 aliphatic rings. The van der Waals surface area contributed by atoms with E-state index in [0.29, 0.717) is 13.2 Å². The van der Waals surface area contributed by atoms with Crippen molar-refractivity contribution in [3.05, 3.63) is 35.9 Å². The fourth-order valence-corrected chi connectivity index (χ4v) is 2.74. The summed E-state index contributed by atoms with van der Waals surface area (Å²) < 4.78 is 5.50. The number of carboxylic acids is 1. The number of benzene rings is 1. The van der Waals surface area contributed by atoms with Gasteiger partial charge >= 0.3 is 23.8 Å². The number of carboxylic acid groups (broad SMARTS) is 1. The van der Waals surface area contributed by atoms with Crippen LogP contribution in [0.4, 0.5) is 4.79 Å². The summed E-state index contributed by atoms with van der Waals surface area (Å²) in [6.45, 7) is 4.09. The molecule has 28 heavy (non-hydrogen) atoms. The third kappa shape index (κ3) is 5.07. The standard InChI is InChI=1S/C19H25N3O6/c1-3-21-10-11-22(16(24)15(21)23)18(27)20-19(2,17(25)26)9-12-28-13-14-7-5-4-6-8-14/h4-8H,3,9-13H2,1-2H3,(H,20,27)(H,25,26). The van der Waals surface area contributed by atoms with E-state index in [4.69, 9.17) is 4.74 Å². The number of amides is 4. The van der Waals surface area contributed by atoms with Crippen LogP contribution in [0.15, 0.2) is 30.3 Å². The number of carbonyl (C=O) groups excluding carboxylic acids is 3. The normalized spacial score (nSPS) is 16.6. The third-order valence-electron chi connectivity index (χ3n) is 4.65. The number of rotatable bonds is 8. The zero-order valence-electron chi connectivity index (χ0n) is 16.0. The summed E-state index contributed by atoms with van der Waals surface area (Å²) in [5.74, 6) is -2.99. The number of urea groups is 1. The van der Waals surface area contributed by atoms with Crippen LogP contribution in [0.1, 0.15) is 25.8 Å². The molecule has 9 heteroatoms. The Bertz CT molecular complexity index is 738. The van der Waals surface area contributed by atoms with Gasteiger partial charge in [-0.15, -0.1) is 0 Å². The van der Waals surface area contributed by atoms with Gasteiger partial charge < -0.3 is 20.1 Å². The van der Waals surface area contributed by atoms with Crippen LogP contribution in [0, 0.1) is 0 Å². The Balaban J connectivity index is 1.93. The minimum absolute atomic E-state index is 0.00202. The molecular formula is C19H25N3O6. The molecule has 2 N–H and O–H groups in total. The minimum atomic E-state index is -1.64. The van der Waals surface area contributed by atoms with Crippen molar-refractivity contribution in [3.63, 3.8) is 0 Å². The van der Waals surface area contributed by atoms with E-state index in [2.05, 4.69) is 5.32 Å². The first kappa shape index (κ1) is 21.4. The van der Waals surface area contributed by atoms with Crippen molar-refractivity contribution in [2.24, 2.45) is 0 Å². The Kier molecular flexibility index (Phi) is 7.11. The van der Waals surface area contributed by atoms with E-state index in [1.165, 1.54) is 11.8 Å². The van der Waals surface area contributed by atoms with E-state index in [9.17, 15) is 24.3 Å². The Morgan fingerprint density at radius 1 is 1.18 bits per heavy atom. The lowest BCUT2D eigenvalue weighted by Crippen LogP contribution is -2.62. The van der Waals surface area contributed by atoms with Gasteiger partial charge in [0.15, 0.2) is 0 Å². The lowest BCUT2D eigenvalue weighted by molar-refractivity contribution is -0.153. The van der Waals surface area contributed by atoms with Crippen molar-refractivity contribution in [3.8, 4) is 0 Å². The van der Waals surface area contributed by atoms with E-state index in [0.717, 1.165) is 10.5 Å². The molecular weight excluding hydrogens is 366 g/mol. The summed E-state index contributed by atoms with van der Waals surface area (Å²) in [7, 11) is 0. The molecule has 0 saturated carbocycles. The lowest BCUT2D eigenvalue weighted by Gasteiger charge is -2.34. The van der Waals surface area contributed by atoms with E-state index in [1.807, 2.05) is 30.3 Å². The highest BCUT2D eigenvalue weighted by Crippen LogP contribution is 2.14. The Morgan fingerprint density at radius 3 is 2.46 bits per heavy atom. The maximum Gasteiger partial charge on any atom is 0.329 e. The number of hydrogen-bond donors (Lipinski definition) is 2. The lowest BCUT2D eigenvalue weighted by atomic mass is 9.98. The highest BCUT2D eigenvalue weighted by molar-refractivity contribution is 6.38. The zero-order valence-corrected chi connectivity index (χ0v) is 16.0. The van der Waals surface area contributed by atoms with Gasteiger partial charge in [-0.25, -0.2) is 9.59 Å². The molecule has 152 valence electrons. The summed E-state index contributed by atoms with van der Waals surface area (Å²) in [5.41, 5.74) is -0.694. The number of likely N-dealkylation sites (N-methyl/N-ethyl adjacent to an activating group) is 1. The van der Waals surface area contributed by atoms with Crippen molar-refractivity contribution in [2.75, 3.05) is 26.2 Å². The van der Waals surface area contributed by atoms with E-state index < -0.39 is 29.4 Å². The van der Waals surface area contributed by atoms with Crippen LogP contribution in [0.25, 0.3) is 0 Å². The largest absolute Gasteiger partial charge is 0.480 e. The number of ether oxygens (including phenoxy) is 1. The molecule has 0 spiro atoms. The number of imide groups is 1. The summed E-state index contributed by atoms with van der Waals surface area (Å²) in [5, 5.41) is 11.9. The molecule has 1 atom stereocenters. The van der Waals surface area contributed by atoms with Crippen LogP contribution in [-0.4, -0.2) is 70.5 Å². The van der Waals surface area contributed by atoms with Crippen molar-refractivity contribution >= 4 is 23.8 Å². The second-order valence-electron chi connectivity index (χ2n) is 6.70. The van der Waals surface area contributed by atoms with Gasteiger partial charge in [0, 0.05) is 32.7 Å². The average molecular weight is 391 g/mol. The molecule has 1 unspecified atom stereocenters. The third-order valence-corrected chi connectivity index (χ3v) is 4.65. The minimum Gasteiger partial charge on any atom is -0.480 e. The molecule has 1 aromatic rings. The smallest absolute Gasteiger partial charge is 0.329 e. The first-order valence-corrected chi connectivity index (χ1v) is 9.06. The van der Waals surface area contributed by atoms with Crippen LogP contribution in [0.2, 0.25) is 0 Å². The summed E-state index contributed by atoms with van der Waals surface area (Å²) >= 11 is 0. The predicted octanol–water partition coefficient (Wildman–Crippen LogP) is 0.837. The molecule has 0 bridgehead atoms. The van der Waals surface area contributed by atoms with Gasteiger partial charge in [-0.1, -0.05) is 30.3 Å². The monoisotopic (exact) mass is 391 g/mol. The van der Waals surface area contributed by atoms with Crippen LogP contribution in [-0.2, 0) is 25.7 Å². The first-order chi connectivity index (χ1) is 13.3. The molecule has 9 nitrogen and oxygen atoms in total. The van der Waals surface area contributed by atoms with E-state index >= 15 is 0 Å². The fraction of sp³-hybridized carbons (Fsp3) is 0.474. The number of nitrogens with zero attached hydrogens (tertiary/aromatic N) is 2. The highest BCUT2D eigenvalue weighted by Gasteiger charge is 2.40. The van der Waals surface area contributed by atoms with Gasteiger partial charge in [0.1, 0.15) is 5.54 Å².